The van der Waals surface area contributed by atoms with Gasteiger partial charge in [0.05, 0.1) is 11.8 Å². The van der Waals surface area contributed by atoms with E-state index in [9.17, 15) is 19.8 Å². The summed E-state index contributed by atoms with van der Waals surface area (Å²) in [6.45, 7) is 2.22. The van der Waals surface area contributed by atoms with Crippen molar-refractivity contribution in [3.05, 3.63) is 35.4 Å². The van der Waals surface area contributed by atoms with Crippen LogP contribution < -0.4 is 9.64 Å². The van der Waals surface area contributed by atoms with Crippen molar-refractivity contribution in [3.63, 3.8) is 0 Å². The minimum absolute atomic E-state index is 0.0407. The average Bonchev–Trinajstić information content (AvgIpc) is 3.18. The molecule has 0 bridgehead atoms. The Kier molecular flexibility index (Phi) is 7.62. The fourth-order valence-electron chi connectivity index (χ4n) is 4.96. The predicted molar refractivity (Wildman–Crippen MR) is 130 cm³/mol. The molecule has 0 aliphatic heterocycles. The van der Waals surface area contributed by atoms with E-state index in [-0.39, 0.29) is 29.0 Å². The molecular formula is C25H30ClNO5S. The first-order valence-corrected chi connectivity index (χ1v) is 12.8. The highest BCUT2D eigenvalue weighted by atomic mass is 35.5. The Bertz CT molecular complexity index is 975. The number of halogens is 1. The molecule has 178 valence electrons. The summed E-state index contributed by atoms with van der Waals surface area (Å²) in [5, 5.41) is 20.2. The number of nitrogens with zero attached hydrogens (tertiary/aromatic N) is 1. The molecule has 1 heterocycles. The Morgan fingerprint density at radius 1 is 1.03 bits per heavy atom. The number of carbonyl (C=O) groups excluding carboxylic acids is 1. The highest BCUT2D eigenvalue weighted by molar-refractivity contribution is 7.18. The van der Waals surface area contributed by atoms with Crippen LogP contribution in [0, 0.1) is 11.8 Å². The zero-order valence-corrected chi connectivity index (χ0v) is 20.3. The van der Waals surface area contributed by atoms with Crippen LogP contribution in [0.25, 0.3) is 10.4 Å². The maximum atomic E-state index is 13.9. The van der Waals surface area contributed by atoms with Crippen molar-refractivity contribution < 1.29 is 24.5 Å². The number of ether oxygens (including phenoxy) is 1. The summed E-state index contributed by atoms with van der Waals surface area (Å²) in [7, 11) is 0. The number of aliphatic hydroxyl groups is 1. The summed E-state index contributed by atoms with van der Waals surface area (Å²) in [5.74, 6) is 0.583. The monoisotopic (exact) mass is 491 g/mol. The number of anilines is 1. The van der Waals surface area contributed by atoms with Crippen LogP contribution in [-0.2, 0) is 4.79 Å². The molecule has 4 rings (SSSR count). The minimum Gasteiger partial charge on any atom is -0.449 e. The Morgan fingerprint density at radius 2 is 1.67 bits per heavy atom. The third kappa shape index (κ3) is 5.70. The second kappa shape index (κ2) is 10.5. The minimum atomic E-state index is -1.40. The fraction of sp³-hybridized carbons (Fsp3) is 0.520. The van der Waals surface area contributed by atoms with E-state index < -0.39 is 6.16 Å². The molecule has 0 spiro atoms. The molecule has 0 unspecified atom stereocenters. The molecule has 33 heavy (non-hydrogen) atoms. The fourth-order valence-corrected chi connectivity index (χ4v) is 6.08. The number of carbonyl (C=O) groups is 2. The van der Waals surface area contributed by atoms with Gasteiger partial charge in [-0.05, 0) is 81.0 Å². The Hall–Kier alpha value is -2.09. The lowest BCUT2D eigenvalue weighted by atomic mass is 9.81. The molecule has 8 heteroatoms. The molecule has 2 fully saturated rings. The topological polar surface area (TPSA) is 87.1 Å². The van der Waals surface area contributed by atoms with Crippen molar-refractivity contribution >= 4 is 40.7 Å². The van der Waals surface area contributed by atoms with Crippen molar-refractivity contribution in [1.82, 2.24) is 0 Å². The number of hydrogen-bond donors (Lipinski definition) is 2. The third-order valence-electron chi connectivity index (χ3n) is 6.88. The molecule has 1 aromatic carbocycles. The number of benzene rings is 1. The maximum absolute atomic E-state index is 13.9. The van der Waals surface area contributed by atoms with Crippen LogP contribution in [-0.4, -0.2) is 34.4 Å². The molecule has 0 atom stereocenters. The number of aliphatic hydroxyl groups excluding tert-OH is 1. The number of thiophene rings is 1. The van der Waals surface area contributed by atoms with Crippen LogP contribution in [0.1, 0.15) is 58.3 Å². The molecule has 2 aromatic rings. The number of carboxylic acid groups (broad SMARTS) is 1. The summed E-state index contributed by atoms with van der Waals surface area (Å²) in [6, 6.07) is 9.07. The summed E-state index contributed by atoms with van der Waals surface area (Å²) >= 11 is 7.25. The molecular weight excluding hydrogens is 462 g/mol. The van der Waals surface area contributed by atoms with Crippen molar-refractivity contribution in [1.29, 1.82) is 0 Å². The third-order valence-corrected chi connectivity index (χ3v) is 8.19. The first kappa shape index (κ1) is 24.0. The van der Waals surface area contributed by atoms with Gasteiger partial charge >= 0.3 is 6.16 Å². The van der Waals surface area contributed by atoms with Crippen molar-refractivity contribution in [2.24, 2.45) is 11.8 Å². The smallest absolute Gasteiger partial charge is 0.449 e. The van der Waals surface area contributed by atoms with E-state index in [1.165, 1.54) is 11.3 Å². The van der Waals surface area contributed by atoms with Gasteiger partial charge in [0.1, 0.15) is 0 Å². The van der Waals surface area contributed by atoms with Gasteiger partial charge in [0.15, 0.2) is 0 Å². The molecule has 2 aliphatic rings. The Morgan fingerprint density at radius 3 is 2.27 bits per heavy atom. The lowest BCUT2D eigenvalue weighted by molar-refractivity contribution is -0.124. The lowest BCUT2D eigenvalue weighted by Gasteiger charge is -2.38. The van der Waals surface area contributed by atoms with Gasteiger partial charge in [0.25, 0.3) is 0 Å². The Balaban J connectivity index is 1.73. The molecule has 2 N–H and O–H groups in total. The van der Waals surface area contributed by atoms with Crippen LogP contribution in [0.15, 0.2) is 30.3 Å². The summed E-state index contributed by atoms with van der Waals surface area (Å²) < 4.78 is 5.18. The zero-order valence-electron chi connectivity index (χ0n) is 18.7. The van der Waals surface area contributed by atoms with Crippen LogP contribution in [0.2, 0.25) is 5.02 Å². The second-order valence-electron chi connectivity index (χ2n) is 9.29. The normalized spacial score (nSPS) is 25.4. The van der Waals surface area contributed by atoms with Gasteiger partial charge in [-0.15, -0.1) is 0 Å². The number of rotatable bonds is 5. The SMILES string of the molecule is CC1CCC(C(=O)N(c2cc(-c3ccc(Cl)cc3)sc2OC(=O)O)C2CCC(O)CC2)CC1. The van der Waals surface area contributed by atoms with E-state index in [0.29, 0.717) is 42.3 Å². The molecule has 2 saturated carbocycles. The summed E-state index contributed by atoms with van der Waals surface area (Å²) in [4.78, 5) is 28.0. The first-order valence-electron chi connectivity index (χ1n) is 11.6. The highest BCUT2D eigenvalue weighted by Gasteiger charge is 2.37. The van der Waals surface area contributed by atoms with Gasteiger partial charge in [-0.2, -0.15) is 0 Å². The van der Waals surface area contributed by atoms with Crippen LogP contribution >= 0.6 is 22.9 Å². The van der Waals surface area contributed by atoms with Gasteiger partial charge in [-0.1, -0.05) is 42.0 Å². The number of amides is 1. The Labute approximate surface area is 203 Å². The predicted octanol–water partition coefficient (Wildman–Crippen LogP) is 6.59. The van der Waals surface area contributed by atoms with E-state index in [4.69, 9.17) is 16.3 Å². The van der Waals surface area contributed by atoms with E-state index in [0.717, 1.165) is 36.1 Å². The van der Waals surface area contributed by atoms with Gasteiger partial charge in [-0.25, -0.2) is 4.79 Å². The van der Waals surface area contributed by atoms with E-state index >= 15 is 0 Å². The van der Waals surface area contributed by atoms with Crippen molar-refractivity contribution in [2.75, 3.05) is 4.90 Å². The summed E-state index contributed by atoms with van der Waals surface area (Å²) in [5.41, 5.74) is 1.39. The van der Waals surface area contributed by atoms with E-state index in [2.05, 4.69) is 6.92 Å². The van der Waals surface area contributed by atoms with Crippen LogP contribution in [0.3, 0.4) is 0 Å². The quantitative estimate of drug-likeness (QED) is 0.461. The molecule has 1 aromatic heterocycles. The van der Waals surface area contributed by atoms with E-state index in [1.54, 1.807) is 17.0 Å². The maximum Gasteiger partial charge on any atom is 0.512 e. The molecule has 0 radical (unpaired) electrons. The molecule has 0 saturated heterocycles. The van der Waals surface area contributed by atoms with Crippen molar-refractivity contribution in [3.8, 4) is 15.5 Å². The molecule has 2 aliphatic carbocycles. The standard InChI is InChI=1S/C25H30ClNO5S/c1-15-2-4-17(5-3-15)23(29)27(19-10-12-20(28)13-11-19)21-14-22(33-24(21)32-25(30)31)16-6-8-18(26)9-7-16/h6-9,14-15,17,19-20,28H,2-5,10-13H2,1H3,(H,30,31). The lowest BCUT2D eigenvalue weighted by Crippen LogP contribution is -2.46. The highest BCUT2D eigenvalue weighted by Crippen LogP contribution is 2.46. The van der Waals surface area contributed by atoms with Gasteiger partial charge in [0.2, 0.25) is 11.0 Å². The van der Waals surface area contributed by atoms with Crippen LogP contribution in [0.5, 0.6) is 5.06 Å². The second-order valence-corrected chi connectivity index (χ2v) is 10.7. The largest absolute Gasteiger partial charge is 0.512 e. The summed E-state index contributed by atoms with van der Waals surface area (Å²) in [6.07, 6.45) is 4.57. The number of hydrogen-bond acceptors (Lipinski definition) is 5. The van der Waals surface area contributed by atoms with Gasteiger partial charge in [0, 0.05) is 21.9 Å². The molecule has 6 nitrogen and oxygen atoms in total. The molecule has 1 amide bonds. The van der Waals surface area contributed by atoms with Gasteiger partial charge < -0.3 is 19.8 Å². The zero-order chi connectivity index (χ0) is 23.5. The van der Waals surface area contributed by atoms with Gasteiger partial charge in [-0.3, -0.25) is 4.79 Å². The van der Waals surface area contributed by atoms with Crippen molar-refractivity contribution in [2.45, 2.75) is 70.4 Å². The average molecular weight is 492 g/mol. The van der Waals surface area contributed by atoms with Crippen LogP contribution in [0.4, 0.5) is 10.5 Å². The van der Waals surface area contributed by atoms with E-state index in [1.807, 2.05) is 18.2 Å². The first-order chi connectivity index (χ1) is 15.8.